The maximum absolute atomic E-state index is 12.4. The molecular weight excluding hydrogens is 385 g/mol. The number of nitrogen functional groups attached to an aromatic ring is 1. The number of nitrogens with zero attached hydrogens (tertiary/aromatic N) is 1. The second-order valence-electron chi connectivity index (χ2n) is 5.89. The summed E-state index contributed by atoms with van der Waals surface area (Å²) in [5, 5.41) is 3.80. The fourth-order valence-corrected chi connectivity index (χ4v) is 2.82. The normalized spacial score (nSPS) is 11.7. The van der Waals surface area contributed by atoms with Crippen molar-refractivity contribution in [3.05, 3.63) is 82.0 Å². The van der Waals surface area contributed by atoms with E-state index >= 15 is 0 Å². The van der Waals surface area contributed by atoms with E-state index in [1.165, 1.54) is 6.20 Å². The summed E-state index contributed by atoms with van der Waals surface area (Å²) >= 11 is 11.9. The molecule has 0 aliphatic heterocycles. The van der Waals surface area contributed by atoms with Crippen LogP contribution in [0.1, 0.15) is 28.9 Å². The highest BCUT2D eigenvalue weighted by Crippen LogP contribution is 2.29. The molecule has 0 fully saturated rings. The van der Waals surface area contributed by atoms with Gasteiger partial charge in [-0.2, -0.15) is 0 Å². The van der Waals surface area contributed by atoms with E-state index in [0.29, 0.717) is 27.0 Å². The molecule has 3 aromatic rings. The van der Waals surface area contributed by atoms with Crippen molar-refractivity contribution in [3.8, 4) is 5.75 Å². The van der Waals surface area contributed by atoms with Crippen LogP contribution in [0.3, 0.4) is 0 Å². The number of ether oxygens (including phenoxy) is 1. The molecule has 27 heavy (non-hydrogen) atoms. The van der Waals surface area contributed by atoms with E-state index in [0.717, 1.165) is 5.56 Å². The Morgan fingerprint density at radius 2 is 1.89 bits per heavy atom. The molecule has 1 atom stereocenters. The number of carbonyl (C=O) groups is 1. The Morgan fingerprint density at radius 3 is 2.67 bits per heavy atom. The summed E-state index contributed by atoms with van der Waals surface area (Å²) < 4.78 is 5.87. The first-order valence-corrected chi connectivity index (χ1v) is 8.92. The molecule has 1 amide bonds. The van der Waals surface area contributed by atoms with Crippen molar-refractivity contribution >= 4 is 40.6 Å². The Labute approximate surface area is 167 Å². The maximum Gasteiger partial charge on any atom is 0.255 e. The van der Waals surface area contributed by atoms with Gasteiger partial charge in [0.25, 0.3) is 5.91 Å². The van der Waals surface area contributed by atoms with Crippen molar-refractivity contribution in [2.24, 2.45) is 0 Å². The number of aromatic nitrogens is 1. The zero-order valence-electron chi connectivity index (χ0n) is 14.4. The lowest BCUT2D eigenvalue weighted by Crippen LogP contribution is -2.12. The fraction of sp³-hybridized carbons (Fsp3) is 0.100. The Morgan fingerprint density at radius 1 is 1.11 bits per heavy atom. The third-order valence-corrected chi connectivity index (χ3v) is 4.29. The zero-order chi connectivity index (χ0) is 19.4. The van der Waals surface area contributed by atoms with Crippen LogP contribution in [0.2, 0.25) is 10.0 Å². The minimum Gasteiger partial charge on any atom is -0.482 e. The van der Waals surface area contributed by atoms with Crippen LogP contribution in [0.4, 0.5) is 11.5 Å². The van der Waals surface area contributed by atoms with Crippen LogP contribution >= 0.6 is 23.2 Å². The van der Waals surface area contributed by atoms with Gasteiger partial charge >= 0.3 is 0 Å². The minimum atomic E-state index is -0.324. The maximum atomic E-state index is 12.4. The molecule has 1 aromatic heterocycles. The molecule has 0 saturated heterocycles. The molecule has 0 aliphatic carbocycles. The highest BCUT2D eigenvalue weighted by molar-refractivity contribution is 6.31. The average molecular weight is 402 g/mol. The molecule has 0 radical (unpaired) electrons. The first-order valence-electron chi connectivity index (χ1n) is 8.17. The molecule has 0 spiro atoms. The second kappa shape index (κ2) is 8.29. The second-order valence-corrected chi connectivity index (χ2v) is 6.76. The molecule has 2 aromatic carbocycles. The monoisotopic (exact) mass is 401 g/mol. The van der Waals surface area contributed by atoms with Crippen molar-refractivity contribution in [3.63, 3.8) is 0 Å². The van der Waals surface area contributed by atoms with Gasteiger partial charge in [-0.25, -0.2) is 4.98 Å². The number of carbonyl (C=O) groups excluding carboxylic acids is 1. The van der Waals surface area contributed by atoms with Crippen LogP contribution in [-0.4, -0.2) is 10.9 Å². The van der Waals surface area contributed by atoms with E-state index in [9.17, 15) is 4.79 Å². The van der Waals surface area contributed by atoms with Crippen molar-refractivity contribution in [1.82, 2.24) is 4.98 Å². The Balaban J connectivity index is 1.74. The number of pyridine rings is 1. The number of nitrogens with one attached hydrogen (secondary N) is 1. The summed E-state index contributed by atoms with van der Waals surface area (Å²) in [5.41, 5.74) is 7.81. The SMILES string of the molecule is C[C@H](Oc1cc(Cl)cnc1N)c1cccc(NC(=O)c2cccc(Cl)c2)c1. The third-order valence-electron chi connectivity index (χ3n) is 3.85. The van der Waals surface area contributed by atoms with E-state index in [1.807, 2.05) is 25.1 Å². The molecule has 0 bridgehead atoms. The van der Waals surface area contributed by atoms with Crippen LogP contribution in [0.5, 0.6) is 5.75 Å². The van der Waals surface area contributed by atoms with Crippen LogP contribution < -0.4 is 15.8 Å². The lowest BCUT2D eigenvalue weighted by Gasteiger charge is -2.17. The van der Waals surface area contributed by atoms with Gasteiger partial charge in [-0.15, -0.1) is 0 Å². The molecule has 3 rings (SSSR count). The summed E-state index contributed by atoms with van der Waals surface area (Å²) in [6, 6.07) is 15.7. The molecule has 0 saturated carbocycles. The first-order chi connectivity index (χ1) is 12.9. The number of hydrogen-bond acceptors (Lipinski definition) is 4. The van der Waals surface area contributed by atoms with Gasteiger partial charge in [0, 0.05) is 28.5 Å². The molecular formula is C20H17Cl2N3O2. The summed E-state index contributed by atoms with van der Waals surface area (Å²) in [6.45, 7) is 1.87. The predicted octanol–water partition coefficient (Wildman–Crippen LogP) is 5.36. The number of hydrogen-bond donors (Lipinski definition) is 2. The van der Waals surface area contributed by atoms with Gasteiger partial charge in [0.05, 0.1) is 5.02 Å². The smallest absolute Gasteiger partial charge is 0.255 e. The van der Waals surface area contributed by atoms with E-state index in [-0.39, 0.29) is 17.8 Å². The zero-order valence-corrected chi connectivity index (χ0v) is 16.0. The Kier molecular flexibility index (Phi) is 5.84. The molecule has 138 valence electrons. The standard InChI is InChI=1S/C20H17Cl2N3O2/c1-12(27-18-10-16(22)11-24-19(18)23)13-4-3-7-17(9-13)25-20(26)14-5-2-6-15(21)8-14/h2-12H,1H3,(H2,23,24)(H,25,26)/t12-/m0/s1. The van der Waals surface area contributed by atoms with Gasteiger partial charge in [-0.1, -0.05) is 41.4 Å². The Hall–Kier alpha value is -2.76. The summed E-state index contributed by atoms with van der Waals surface area (Å²) in [5.74, 6) is 0.423. The minimum absolute atomic E-state index is 0.244. The van der Waals surface area contributed by atoms with Gasteiger partial charge in [-0.05, 0) is 42.8 Å². The van der Waals surface area contributed by atoms with E-state index < -0.39 is 0 Å². The molecule has 7 heteroatoms. The van der Waals surface area contributed by atoms with E-state index in [1.54, 1.807) is 36.4 Å². The topological polar surface area (TPSA) is 77.2 Å². The van der Waals surface area contributed by atoms with Crippen molar-refractivity contribution in [2.75, 3.05) is 11.1 Å². The molecule has 0 unspecified atom stereocenters. The molecule has 1 heterocycles. The number of amides is 1. The van der Waals surface area contributed by atoms with Crippen molar-refractivity contribution in [2.45, 2.75) is 13.0 Å². The largest absolute Gasteiger partial charge is 0.482 e. The molecule has 3 N–H and O–H groups in total. The number of nitrogens with two attached hydrogens (primary N) is 1. The number of halogens is 2. The predicted molar refractivity (Wildman–Crippen MR) is 109 cm³/mol. The Bertz CT molecular complexity index is 979. The van der Waals surface area contributed by atoms with Crippen molar-refractivity contribution < 1.29 is 9.53 Å². The van der Waals surface area contributed by atoms with Gasteiger partial charge in [0.2, 0.25) is 0 Å². The van der Waals surface area contributed by atoms with Gasteiger partial charge in [-0.3, -0.25) is 4.79 Å². The van der Waals surface area contributed by atoms with Gasteiger partial charge in [0.1, 0.15) is 6.10 Å². The number of benzene rings is 2. The van der Waals surface area contributed by atoms with E-state index in [2.05, 4.69) is 10.3 Å². The first kappa shape index (κ1) is 19.0. The van der Waals surface area contributed by atoms with Crippen LogP contribution in [0.15, 0.2) is 60.8 Å². The highest BCUT2D eigenvalue weighted by atomic mass is 35.5. The highest BCUT2D eigenvalue weighted by Gasteiger charge is 2.13. The summed E-state index contributed by atoms with van der Waals surface area (Å²) in [4.78, 5) is 16.4. The average Bonchev–Trinajstić information content (AvgIpc) is 2.65. The van der Waals surface area contributed by atoms with Crippen LogP contribution in [0.25, 0.3) is 0 Å². The van der Waals surface area contributed by atoms with E-state index in [4.69, 9.17) is 33.7 Å². The third kappa shape index (κ3) is 4.90. The molecule has 0 aliphatic rings. The summed E-state index contributed by atoms with van der Waals surface area (Å²) in [7, 11) is 0. The van der Waals surface area contributed by atoms with Crippen LogP contribution in [-0.2, 0) is 0 Å². The lowest BCUT2D eigenvalue weighted by atomic mass is 10.1. The summed E-state index contributed by atoms with van der Waals surface area (Å²) in [6.07, 6.45) is 1.14. The van der Waals surface area contributed by atoms with Gasteiger partial charge in [0.15, 0.2) is 11.6 Å². The van der Waals surface area contributed by atoms with Gasteiger partial charge < -0.3 is 15.8 Å². The molecule has 5 nitrogen and oxygen atoms in total. The lowest BCUT2D eigenvalue weighted by molar-refractivity contribution is 0.102. The van der Waals surface area contributed by atoms with Crippen molar-refractivity contribution in [1.29, 1.82) is 0 Å². The number of rotatable bonds is 5. The fourth-order valence-electron chi connectivity index (χ4n) is 2.49. The quantitative estimate of drug-likeness (QED) is 0.602. The number of anilines is 2. The van der Waals surface area contributed by atoms with Crippen LogP contribution in [0, 0.1) is 0 Å².